The summed E-state index contributed by atoms with van der Waals surface area (Å²) >= 11 is 1.69. The van der Waals surface area contributed by atoms with Gasteiger partial charge < -0.3 is 5.73 Å². The molecule has 0 unspecified atom stereocenters. The van der Waals surface area contributed by atoms with Gasteiger partial charge in [0.25, 0.3) is 5.69 Å². The highest BCUT2D eigenvalue weighted by molar-refractivity contribution is 7.07. The van der Waals surface area contributed by atoms with Crippen molar-refractivity contribution in [2.24, 2.45) is 0 Å². The number of nitro groups is 1. The maximum Gasteiger partial charge on any atom is 0.269 e. The minimum Gasteiger partial charge on any atom is -0.398 e. The summed E-state index contributed by atoms with van der Waals surface area (Å²) in [6, 6.07) is 7.38. The summed E-state index contributed by atoms with van der Waals surface area (Å²) in [6.45, 7) is 1.53. The van der Waals surface area contributed by atoms with Crippen LogP contribution in [0.3, 0.4) is 0 Å². The van der Waals surface area contributed by atoms with Crippen LogP contribution in [-0.2, 0) is 13.1 Å². The third-order valence-electron chi connectivity index (χ3n) is 3.74. The number of benzene rings is 1. The zero-order valence-corrected chi connectivity index (χ0v) is 12.4. The van der Waals surface area contributed by atoms with Crippen molar-refractivity contribution in [1.82, 2.24) is 4.90 Å². The molecule has 1 fully saturated rings. The molecule has 21 heavy (non-hydrogen) atoms. The maximum absolute atomic E-state index is 10.9. The summed E-state index contributed by atoms with van der Waals surface area (Å²) in [5.41, 5.74) is 8.84. The molecule has 6 heteroatoms. The molecule has 1 heterocycles. The van der Waals surface area contributed by atoms with Crippen LogP contribution in [0.15, 0.2) is 35.0 Å². The van der Waals surface area contributed by atoms with Crippen molar-refractivity contribution >= 4 is 22.7 Å². The topological polar surface area (TPSA) is 72.4 Å². The van der Waals surface area contributed by atoms with E-state index in [2.05, 4.69) is 21.7 Å². The highest BCUT2D eigenvalue weighted by atomic mass is 32.1. The van der Waals surface area contributed by atoms with Crippen molar-refractivity contribution in [2.75, 3.05) is 5.73 Å². The van der Waals surface area contributed by atoms with E-state index >= 15 is 0 Å². The first-order valence-corrected chi connectivity index (χ1v) is 7.85. The van der Waals surface area contributed by atoms with Gasteiger partial charge in [0.15, 0.2) is 0 Å². The van der Waals surface area contributed by atoms with E-state index in [4.69, 9.17) is 5.73 Å². The number of nitrogens with two attached hydrogens (primary N) is 1. The Balaban J connectivity index is 1.79. The van der Waals surface area contributed by atoms with Crippen LogP contribution < -0.4 is 5.73 Å². The number of nitrogens with zero attached hydrogens (tertiary/aromatic N) is 2. The van der Waals surface area contributed by atoms with Crippen LogP contribution in [0, 0.1) is 10.1 Å². The molecule has 1 aromatic heterocycles. The van der Waals surface area contributed by atoms with Crippen LogP contribution in [0.5, 0.6) is 0 Å². The molecule has 1 aromatic carbocycles. The van der Waals surface area contributed by atoms with Crippen molar-refractivity contribution < 1.29 is 4.92 Å². The lowest BCUT2D eigenvalue weighted by Crippen LogP contribution is -2.25. The van der Waals surface area contributed by atoms with E-state index in [0.717, 1.165) is 12.1 Å². The molecule has 2 N–H and O–H groups in total. The predicted molar refractivity (Wildman–Crippen MR) is 84.1 cm³/mol. The Morgan fingerprint density at radius 3 is 2.76 bits per heavy atom. The molecule has 0 spiro atoms. The fourth-order valence-corrected chi connectivity index (χ4v) is 3.09. The molecule has 0 radical (unpaired) electrons. The SMILES string of the molecule is Nc1ccc([N+](=O)[O-])cc1CN(Cc1ccsc1)C1CC1. The largest absolute Gasteiger partial charge is 0.398 e. The van der Waals surface area contributed by atoms with Crippen LogP contribution in [0.2, 0.25) is 0 Å². The van der Waals surface area contributed by atoms with Crippen molar-refractivity contribution in [2.45, 2.75) is 32.0 Å². The molecule has 1 saturated carbocycles. The van der Waals surface area contributed by atoms with E-state index in [0.29, 0.717) is 18.3 Å². The monoisotopic (exact) mass is 303 g/mol. The van der Waals surface area contributed by atoms with Crippen LogP contribution in [0.25, 0.3) is 0 Å². The van der Waals surface area contributed by atoms with Crippen LogP contribution in [-0.4, -0.2) is 15.9 Å². The molecule has 0 saturated heterocycles. The second-order valence-electron chi connectivity index (χ2n) is 5.41. The van der Waals surface area contributed by atoms with Crippen LogP contribution in [0.1, 0.15) is 24.0 Å². The smallest absolute Gasteiger partial charge is 0.269 e. The third-order valence-corrected chi connectivity index (χ3v) is 4.47. The Morgan fingerprint density at radius 2 is 2.14 bits per heavy atom. The van der Waals surface area contributed by atoms with Gasteiger partial charge in [-0.2, -0.15) is 11.3 Å². The molecule has 2 aromatic rings. The summed E-state index contributed by atoms with van der Waals surface area (Å²) in [4.78, 5) is 12.9. The van der Waals surface area contributed by atoms with E-state index < -0.39 is 0 Å². The molecular formula is C15H17N3O2S. The maximum atomic E-state index is 10.9. The molecule has 0 amide bonds. The predicted octanol–water partition coefficient (Wildman–Crippen LogP) is 3.40. The molecule has 0 atom stereocenters. The highest BCUT2D eigenvalue weighted by Gasteiger charge is 2.29. The zero-order valence-electron chi connectivity index (χ0n) is 11.6. The molecule has 0 bridgehead atoms. The van der Waals surface area contributed by atoms with E-state index in [9.17, 15) is 10.1 Å². The van der Waals surface area contributed by atoms with E-state index in [1.54, 1.807) is 23.5 Å². The van der Waals surface area contributed by atoms with Crippen LogP contribution in [0.4, 0.5) is 11.4 Å². The Hall–Kier alpha value is -1.92. The lowest BCUT2D eigenvalue weighted by molar-refractivity contribution is -0.384. The van der Waals surface area contributed by atoms with E-state index in [1.807, 2.05) is 0 Å². The van der Waals surface area contributed by atoms with Gasteiger partial charge in [0.1, 0.15) is 0 Å². The summed E-state index contributed by atoms with van der Waals surface area (Å²) in [7, 11) is 0. The molecule has 0 aliphatic heterocycles. The number of hydrogen-bond donors (Lipinski definition) is 1. The minimum atomic E-state index is -0.372. The lowest BCUT2D eigenvalue weighted by Gasteiger charge is -2.22. The first-order chi connectivity index (χ1) is 10.1. The number of rotatable bonds is 6. The second-order valence-corrected chi connectivity index (χ2v) is 6.19. The Kier molecular flexibility index (Phi) is 3.90. The number of nitro benzene ring substituents is 1. The minimum absolute atomic E-state index is 0.102. The summed E-state index contributed by atoms with van der Waals surface area (Å²) in [6.07, 6.45) is 2.39. The van der Waals surface area contributed by atoms with Gasteiger partial charge in [0.05, 0.1) is 4.92 Å². The zero-order chi connectivity index (χ0) is 14.8. The van der Waals surface area contributed by atoms with E-state index in [1.165, 1.54) is 24.5 Å². The normalized spacial score (nSPS) is 14.5. The highest BCUT2D eigenvalue weighted by Crippen LogP contribution is 2.32. The summed E-state index contributed by atoms with van der Waals surface area (Å²) in [5.74, 6) is 0. The van der Waals surface area contributed by atoms with Crippen molar-refractivity contribution in [3.63, 3.8) is 0 Å². The van der Waals surface area contributed by atoms with Gasteiger partial charge in [-0.15, -0.1) is 0 Å². The van der Waals surface area contributed by atoms with Gasteiger partial charge in [-0.05, 0) is 46.9 Å². The Morgan fingerprint density at radius 1 is 1.33 bits per heavy atom. The summed E-state index contributed by atoms with van der Waals surface area (Å²) in [5, 5.41) is 15.1. The molecule has 110 valence electrons. The molecule has 1 aliphatic rings. The van der Waals surface area contributed by atoms with E-state index in [-0.39, 0.29) is 10.6 Å². The van der Waals surface area contributed by atoms with Gasteiger partial charge in [-0.3, -0.25) is 15.0 Å². The number of anilines is 1. The van der Waals surface area contributed by atoms with Gasteiger partial charge in [-0.25, -0.2) is 0 Å². The third kappa shape index (κ3) is 3.40. The first kappa shape index (κ1) is 14.0. The number of non-ortho nitro benzene ring substituents is 1. The number of nitrogen functional groups attached to an aromatic ring is 1. The van der Waals surface area contributed by atoms with Crippen LogP contribution >= 0.6 is 11.3 Å². The molecule has 3 rings (SSSR count). The second kappa shape index (κ2) is 5.83. The summed E-state index contributed by atoms with van der Waals surface area (Å²) < 4.78 is 0. The Labute approximate surface area is 127 Å². The average Bonchev–Trinajstić information content (AvgIpc) is 3.18. The molecule has 5 nitrogen and oxygen atoms in total. The molecular weight excluding hydrogens is 286 g/mol. The lowest BCUT2D eigenvalue weighted by atomic mass is 10.1. The fourth-order valence-electron chi connectivity index (χ4n) is 2.43. The van der Waals surface area contributed by atoms with Gasteiger partial charge in [-0.1, -0.05) is 0 Å². The number of thiophene rings is 1. The quantitative estimate of drug-likeness (QED) is 0.504. The number of hydrogen-bond acceptors (Lipinski definition) is 5. The van der Waals surface area contributed by atoms with Crippen molar-refractivity contribution in [1.29, 1.82) is 0 Å². The standard InChI is InChI=1S/C15H17N3O2S/c16-15-4-3-14(18(19)20)7-12(15)9-17(13-1-2-13)8-11-5-6-21-10-11/h3-7,10,13H,1-2,8-9,16H2. The van der Waals surface area contributed by atoms with Gasteiger partial charge in [0.2, 0.25) is 0 Å². The van der Waals surface area contributed by atoms with Gasteiger partial charge in [0, 0.05) is 37.0 Å². The Bertz CT molecular complexity index is 638. The fraction of sp³-hybridized carbons (Fsp3) is 0.333. The van der Waals surface area contributed by atoms with Crippen molar-refractivity contribution in [3.8, 4) is 0 Å². The van der Waals surface area contributed by atoms with Gasteiger partial charge >= 0.3 is 0 Å². The first-order valence-electron chi connectivity index (χ1n) is 6.91. The molecule has 1 aliphatic carbocycles. The van der Waals surface area contributed by atoms with Crippen molar-refractivity contribution in [3.05, 3.63) is 56.3 Å². The average molecular weight is 303 g/mol.